The zero-order chi connectivity index (χ0) is 10.9. The smallest absolute Gasteiger partial charge is 0.194 e. The van der Waals surface area contributed by atoms with Crippen molar-refractivity contribution in [3.8, 4) is 11.5 Å². The normalized spacial score (nSPS) is 11.5. The molecule has 0 atom stereocenters. The second kappa shape index (κ2) is 3.46. The third-order valence-electron chi connectivity index (χ3n) is 1.96. The Hall–Kier alpha value is -1.29. The minimum absolute atomic E-state index is 0.0378. The van der Waals surface area contributed by atoms with Gasteiger partial charge in [-0.2, -0.15) is 0 Å². The van der Waals surface area contributed by atoms with Gasteiger partial charge in [0.15, 0.2) is 17.3 Å². The lowest BCUT2D eigenvalue weighted by atomic mass is 9.97. The van der Waals surface area contributed by atoms with Gasteiger partial charge in [-0.3, -0.25) is 0 Å². The van der Waals surface area contributed by atoms with Crippen molar-refractivity contribution in [2.75, 3.05) is 7.11 Å². The number of phenols is 1. The summed E-state index contributed by atoms with van der Waals surface area (Å²) in [6.07, 6.45) is 0. The molecule has 3 nitrogen and oxygen atoms in total. The van der Waals surface area contributed by atoms with Crippen LogP contribution in [-0.2, 0) is 5.60 Å². The number of halogens is 1. The Bertz CT molecular complexity index is 342. The van der Waals surface area contributed by atoms with E-state index >= 15 is 0 Å². The Morgan fingerprint density at radius 3 is 2.36 bits per heavy atom. The van der Waals surface area contributed by atoms with Crippen LogP contribution in [0.25, 0.3) is 0 Å². The van der Waals surface area contributed by atoms with Crippen LogP contribution in [0.5, 0.6) is 11.5 Å². The Labute approximate surface area is 81.8 Å². The van der Waals surface area contributed by atoms with Crippen LogP contribution in [0.2, 0.25) is 0 Å². The Morgan fingerprint density at radius 1 is 1.36 bits per heavy atom. The third kappa shape index (κ3) is 1.80. The van der Waals surface area contributed by atoms with E-state index in [-0.39, 0.29) is 11.3 Å². The molecule has 78 valence electrons. The number of rotatable bonds is 2. The van der Waals surface area contributed by atoms with Crippen LogP contribution in [0.4, 0.5) is 4.39 Å². The number of ether oxygens (including phenoxy) is 1. The first-order valence-electron chi connectivity index (χ1n) is 4.16. The highest BCUT2D eigenvalue weighted by Gasteiger charge is 2.24. The van der Waals surface area contributed by atoms with E-state index in [4.69, 9.17) is 4.74 Å². The molecule has 0 radical (unpaired) electrons. The van der Waals surface area contributed by atoms with Crippen molar-refractivity contribution in [2.45, 2.75) is 19.4 Å². The molecule has 0 heterocycles. The Morgan fingerprint density at radius 2 is 1.93 bits per heavy atom. The molecule has 0 aliphatic heterocycles. The van der Waals surface area contributed by atoms with Crippen molar-refractivity contribution in [1.29, 1.82) is 0 Å². The standard InChI is InChI=1S/C10H13FO3/c1-10(2,13)6-4-5-7(14-3)9(12)8(6)11/h4-5,12-13H,1-3H3. The molecule has 1 aromatic rings. The summed E-state index contributed by atoms with van der Waals surface area (Å²) < 4.78 is 18.2. The van der Waals surface area contributed by atoms with Crippen LogP contribution in [0, 0.1) is 5.82 Å². The molecule has 0 bridgehead atoms. The van der Waals surface area contributed by atoms with E-state index in [1.54, 1.807) is 0 Å². The van der Waals surface area contributed by atoms with Crippen molar-refractivity contribution >= 4 is 0 Å². The first-order valence-corrected chi connectivity index (χ1v) is 4.16. The van der Waals surface area contributed by atoms with E-state index in [2.05, 4.69) is 0 Å². The summed E-state index contributed by atoms with van der Waals surface area (Å²) in [5.74, 6) is -1.38. The van der Waals surface area contributed by atoms with Crippen LogP contribution in [-0.4, -0.2) is 17.3 Å². The van der Waals surface area contributed by atoms with Gasteiger partial charge in [0.25, 0.3) is 0 Å². The molecule has 0 fully saturated rings. The summed E-state index contributed by atoms with van der Waals surface area (Å²) >= 11 is 0. The van der Waals surface area contributed by atoms with Gasteiger partial charge in [-0.25, -0.2) is 4.39 Å². The molecule has 14 heavy (non-hydrogen) atoms. The van der Waals surface area contributed by atoms with Gasteiger partial charge in [0, 0.05) is 5.56 Å². The zero-order valence-corrected chi connectivity index (χ0v) is 8.34. The fourth-order valence-corrected chi connectivity index (χ4v) is 1.18. The van der Waals surface area contributed by atoms with E-state index in [1.807, 2.05) is 0 Å². The number of benzene rings is 1. The number of aliphatic hydroxyl groups is 1. The molecule has 1 rings (SSSR count). The monoisotopic (exact) mass is 200 g/mol. The van der Waals surface area contributed by atoms with Gasteiger partial charge in [-0.1, -0.05) is 0 Å². The van der Waals surface area contributed by atoms with Crippen LogP contribution in [0.3, 0.4) is 0 Å². The van der Waals surface area contributed by atoms with E-state index in [9.17, 15) is 14.6 Å². The number of hydrogen-bond acceptors (Lipinski definition) is 3. The number of phenolic OH excluding ortho intramolecular Hbond substituents is 1. The number of methoxy groups -OCH3 is 1. The second-order valence-corrected chi connectivity index (χ2v) is 3.54. The Balaban J connectivity index is 3.31. The minimum Gasteiger partial charge on any atom is -0.502 e. The maximum absolute atomic E-state index is 13.5. The molecular weight excluding hydrogens is 187 g/mol. The van der Waals surface area contributed by atoms with Crippen LogP contribution < -0.4 is 4.74 Å². The van der Waals surface area contributed by atoms with E-state index < -0.39 is 17.2 Å². The van der Waals surface area contributed by atoms with Crippen molar-refractivity contribution in [3.63, 3.8) is 0 Å². The third-order valence-corrected chi connectivity index (χ3v) is 1.96. The van der Waals surface area contributed by atoms with Crippen LogP contribution in [0.15, 0.2) is 12.1 Å². The highest BCUT2D eigenvalue weighted by molar-refractivity contribution is 5.44. The topological polar surface area (TPSA) is 49.7 Å². The SMILES string of the molecule is COc1ccc(C(C)(C)O)c(F)c1O. The number of hydrogen-bond donors (Lipinski definition) is 2. The fraction of sp³-hybridized carbons (Fsp3) is 0.400. The average molecular weight is 200 g/mol. The predicted molar refractivity (Wildman–Crippen MR) is 49.9 cm³/mol. The highest BCUT2D eigenvalue weighted by Crippen LogP contribution is 2.34. The van der Waals surface area contributed by atoms with Gasteiger partial charge in [0.2, 0.25) is 0 Å². The average Bonchev–Trinajstić information content (AvgIpc) is 2.07. The molecule has 0 saturated heterocycles. The molecule has 0 aromatic heterocycles. The van der Waals surface area contributed by atoms with E-state index in [0.717, 1.165) is 0 Å². The van der Waals surface area contributed by atoms with Gasteiger partial charge in [0.05, 0.1) is 12.7 Å². The second-order valence-electron chi connectivity index (χ2n) is 3.54. The summed E-state index contributed by atoms with van der Waals surface area (Å²) in [5, 5.41) is 18.9. The molecule has 4 heteroatoms. The molecule has 0 amide bonds. The molecule has 0 aliphatic rings. The molecule has 0 aliphatic carbocycles. The summed E-state index contributed by atoms with van der Waals surface area (Å²) in [6, 6.07) is 2.79. The van der Waals surface area contributed by atoms with Crippen molar-refractivity contribution in [2.24, 2.45) is 0 Å². The van der Waals surface area contributed by atoms with Gasteiger partial charge >= 0.3 is 0 Å². The van der Waals surface area contributed by atoms with Crippen LogP contribution in [0.1, 0.15) is 19.4 Å². The molecule has 0 unspecified atom stereocenters. The maximum atomic E-state index is 13.5. The van der Waals surface area contributed by atoms with Crippen molar-refractivity contribution < 1.29 is 19.3 Å². The highest BCUT2D eigenvalue weighted by atomic mass is 19.1. The van der Waals surface area contributed by atoms with Gasteiger partial charge in [0.1, 0.15) is 0 Å². The quantitative estimate of drug-likeness (QED) is 0.764. The summed E-state index contributed by atoms with van der Waals surface area (Å²) in [4.78, 5) is 0. The first-order chi connectivity index (χ1) is 6.38. The van der Waals surface area contributed by atoms with Crippen molar-refractivity contribution in [3.05, 3.63) is 23.5 Å². The van der Waals surface area contributed by atoms with E-state index in [1.165, 1.54) is 33.1 Å². The summed E-state index contributed by atoms with van der Waals surface area (Å²) in [6.45, 7) is 2.88. The Kier molecular flexibility index (Phi) is 2.66. The lowest BCUT2D eigenvalue weighted by molar-refractivity contribution is 0.0738. The summed E-state index contributed by atoms with van der Waals surface area (Å²) in [5.41, 5.74) is -1.29. The zero-order valence-electron chi connectivity index (χ0n) is 8.34. The molecule has 2 N–H and O–H groups in total. The maximum Gasteiger partial charge on any atom is 0.194 e. The lowest BCUT2D eigenvalue weighted by Gasteiger charge is -2.19. The van der Waals surface area contributed by atoms with Gasteiger partial charge in [-0.05, 0) is 26.0 Å². The molecule has 1 aromatic carbocycles. The van der Waals surface area contributed by atoms with Crippen molar-refractivity contribution in [1.82, 2.24) is 0 Å². The molecule has 0 saturated carbocycles. The first kappa shape index (κ1) is 10.8. The molecule has 0 spiro atoms. The molecular formula is C10H13FO3. The van der Waals surface area contributed by atoms with Gasteiger partial charge < -0.3 is 14.9 Å². The lowest BCUT2D eigenvalue weighted by Crippen LogP contribution is -2.17. The fourth-order valence-electron chi connectivity index (χ4n) is 1.18. The summed E-state index contributed by atoms with van der Waals surface area (Å²) in [7, 11) is 1.33. The number of aromatic hydroxyl groups is 1. The predicted octanol–water partition coefficient (Wildman–Crippen LogP) is 1.77. The largest absolute Gasteiger partial charge is 0.502 e. The van der Waals surface area contributed by atoms with Crippen LogP contribution >= 0.6 is 0 Å². The minimum atomic E-state index is -1.33. The van der Waals surface area contributed by atoms with Gasteiger partial charge in [-0.15, -0.1) is 0 Å². The van der Waals surface area contributed by atoms with E-state index in [0.29, 0.717) is 0 Å².